The van der Waals surface area contributed by atoms with Crippen molar-refractivity contribution in [3.8, 4) is 0 Å². The molecule has 0 spiro atoms. The van der Waals surface area contributed by atoms with Gasteiger partial charge in [-0.2, -0.15) is 0 Å². The number of nitrogens with zero attached hydrogens (tertiary/aromatic N) is 2. The van der Waals surface area contributed by atoms with Gasteiger partial charge in [0.2, 0.25) is 0 Å². The lowest BCUT2D eigenvalue weighted by molar-refractivity contribution is 0.518. The monoisotopic (exact) mass is 308 g/mol. The Balaban J connectivity index is 1.73. The predicted octanol–water partition coefficient (Wildman–Crippen LogP) is 4.55. The first kappa shape index (κ1) is 15.1. The van der Waals surface area contributed by atoms with Gasteiger partial charge in [0.05, 0.1) is 12.8 Å². The molecular weight excluding hydrogens is 288 g/mol. The molecule has 0 fully saturated rings. The molecule has 0 aliphatic carbocycles. The molecule has 5 nitrogen and oxygen atoms in total. The molecule has 1 aromatic carbocycles. The van der Waals surface area contributed by atoms with Crippen molar-refractivity contribution in [2.24, 2.45) is 0 Å². The van der Waals surface area contributed by atoms with Crippen LogP contribution in [0.4, 0.5) is 17.3 Å². The van der Waals surface area contributed by atoms with Gasteiger partial charge in [0.15, 0.2) is 0 Å². The highest BCUT2D eigenvalue weighted by Crippen LogP contribution is 2.26. The standard InChI is InChI=1S/C18H20N4O/c1-13(2)15-7-3-4-8-16(15)22-18-10-17(20-12-21-18)19-11-14-6-5-9-23-14/h3-10,12-13H,11H2,1-2H3,(H2,19,20,21,22). The summed E-state index contributed by atoms with van der Waals surface area (Å²) in [7, 11) is 0. The average Bonchev–Trinajstić information content (AvgIpc) is 3.07. The Bertz CT molecular complexity index is 753. The summed E-state index contributed by atoms with van der Waals surface area (Å²) in [4.78, 5) is 8.53. The van der Waals surface area contributed by atoms with Gasteiger partial charge in [-0.05, 0) is 29.7 Å². The second-order valence-electron chi connectivity index (χ2n) is 5.59. The molecule has 2 aromatic heterocycles. The molecule has 2 N–H and O–H groups in total. The molecule has 0 unspecified atom stereocenters. The summed E-state index contributed by atoms with van der Waals surface area (Å²) in [6.07, 6.45) is 3.21. The van der Waals surface area contributed by atoms with E-state index in [1.54, 1.807) is 12.6 Å². The minimum absolute atomic E-state index is 0.442. The minimum Gasteiger partial charge on any atom is -0.467 e. The summed E-state index contributed by atoms with van der Waals surface area (Å²) in [5.74, 6) is 2.82. The zero-order valence-electron chi connectivity index (χ0n) is 13.3. The lowest BCUT2D eigenvalue weighted by Gasteiger charge is -2.14. The molecule has 0 aliphatic heterocycles. The maximum atomic E-state index is 5.30. The first-order valence-electron chi connectivity index (χ1n) is 7.66. The summed E-state index contributed by atoms with van der Waals surface area (Å²) in [6.45, 7) is 4.94. The molecule has 0 saturated carbocycles. The molecule has 0 radical (unpaired) electrons. The minimum atomic E-state index is 0.442. The largest absolute Gasteiger partial charge is 0.467 e. The van der Waals surface area contributed by atoms with Crippen molar-refractivity contribution in [1.82, 2.24) is 9.97 Å². The molecule has 0 bridgehead atoms. The third-order valence-corrected chi connectivity index (χ3v) is 3.54. The van der Waals surface area contributed by atoms with Gasteiger partial charge < -0.3 is 15.1 Å². The Morgan fingerprint density at radius 2 is 1.87 bits per heavy atom. The molecular formula is C18H20N4O. The topological polar surface area (TPSA) is 63.0 Å². The van der Waals surface area contributed by atoms with E-state index in [9.17, 15) is 0 Å². The van der Waals surface area contributed by atoms with Gasteiger partial charge in [-0.3, -0.25) is 0 Å². The van der Waals surface area contributed by atoms with Crippen molar-refractivity contribution in [3.63, 3.8) is 0 Å². The highest BCUT2D eigenvalue weighted by Gasteiger charge is 2.07. The molecule has 118 valence electrons. The average molecular weight is 308 g/mol. The Morgan fingerprint density at radius 1 is 1.04 bits per heavy atom. The lowest BCUT2D eigenvalue weighted by atomic mass is 10.0. The van der Waals surface area contributed by atoms with E-state index in [2.05, 4.69) is 52.6 Å². The van der Waals surface area contributed by atoms with Crippen LogP contribution in [0.2, 0.25) is 0 Å². The fourth-order valence-electron chi connectivity index (χ4n) is 2.37. The zero-order chi connectivity index (χ0) is 16.1. The molecule has 0 atom stereocenters. The van der Waals surface area contributed by atoms with Crippen LogP contribution in [-0.2, 0) is 6.54 Å². The first-order chi connectivity index (χ1) is 11.2. The van der Waals surface area contributed by atoms with E-state index in [1.165, 1.54) is 5.56 Å². The van der Waals surface area contributed by atoms with Gasteiger partial charge in [-0.25, -0.2) is 9.97 Å². The van der Waals surface area contributed by atoms with Crippen molar-refractivity contribution in [2.75, 3.05) is 10.6 Å². The van der Waals surface area contributed by atoms with Crippen molar-refractivity contribution in [3.05, 3.63) is 66.4 Å². The van der Waals surface area contributed by atoms with E-state index >= 15 is 0 Å². The SMILES string of the molecule is CC(C)c1ccccc1Nc1cc(NCc2ccco2)ncn1. The van der Waals surface area contributed by atoms with Crippen LogP contribution in [0.3, 0.4) is 0 Å². The molecule has 5 heteroatoms. The maximum Gasteiger partial charge on any atom is 0.135 e. The number of rotatable bonds is 6. The number of anilines is 3. The van der Waals surface area contributed by atoms with E-state index < -0.39 is 0 Å². The normalized spacial score (nSPS) is 10.7. The highest BCUT2D eigenvalue weighted by molar-refractivity contribution is 5.63. The van der Waals surface area contributed by atoms with Crippen molar-refractivity contribution in [1.29, 1.82) is 0 Å². The zero-order valence-corrected chi connectivity index (χ0v) is 13.3. The molecule has 3 aromatic rings. The van der Waals surface area contributed by atoms with Crippen LogP contribution in [0.1, 0.15) is 31.1 Å². The summed E-state index contributed by atoms with van der Waals surface area (Å²) < 4.78 is 5.30. The van der Waals surface area contributed by atoms with Gasteiger partial charge in [0, 0.05) is 11.8 Å². The van der Waals surface area contributed by atoms with Gasteiger partial charge in [0.25, 0.3) is 0 Å². The van der Waals surface area contributed by atoms with Crippen LogP contribution in [0.25, 0.3) is 0 Å². The Morgan fingerprint density at radius 3 is 2.65 bits per heavy atom. The molecule has 3 rings (SSSR count). The second kappa shape index (κ2) is 6.96. The van der Waals surface area contributed by atoms with E-state index in [-0.39, 0.29) is 0 Å². The lowest BCUT2D eigenvalue weighted by Crippen LogP contribution is -2.03. The van der Waals surface area contributed by atoms with Crippen LogP contribution in [0.5, 0.6) is 0 Å². The van der Waals surface area contributed by atoms with E-state index in [0.717, 1.165) is 23.1 Å². The van der Waals surface area contributed by atoms with Crippen molar-refractivity contribution in [2.45, 2.75) is 26.3 Å². The summed E-state index contributed by atoms with van der Waals surface area (Å²) >= 11 is 0. The number of nitrogens with one attached hydrogen (secondary N) is 2. The molecule has 0 aliphatic rings. The maximum absolute atomic E-state index is 5.30. The van der Waals surface area contributed by atoms with Crippen LogP contribution in [-0.4, -0.2) is 9.97 Å². The quantitative estimate of drug-likeness (QED) is 0.699. The molecule has 0 amide bonds. The van der Waals surface area contributed by atoms with Crippen LogP contribution >= 0.6 is 0 Å². The smallest absolute Gasteiger partial charge is 0.135 e. The molecule has 0 saturated heterocycles. The second-order valence-corrected chi connectivity index (χ2v) is 5.59. The first-order valence-corrected chi connectivity index (χ1v) is 7.66. The van der Waals surface area contributed by atoms with Gasteiger partial charge >= 0.3 is 0 Å². The predicted molar refractivity (Wildman–Crippen MR) is 91.9 cm³/mol. The number of hydrogen-bond donors (Lipinski definition) is 2. The van der Waals surface area contributed by atoms with E-state index in [4.69, 9.17) is 4.42 Å². The third kappa shape index (κ3) is 3.88. The van der Waals surface area contributed by atoms with Crippen molar-refractivity contribution >= 4 is 17.3 Å². The van der Waals surface area contributed by atoms with E-state index in [1.807, 2.05) is 24.3 Å². The van der Waals surface area contributed by atoms with Crippen LogP contribution in [0, 0.1) is 0 Å². The van der Waals surface area contributed by atoms with Gasteiger partial charge in [-0.1, -0.05) is 32.0 Å². The summed E-state index contributed by atoms with van der Waals surface area (Å²) in [5, 5.41) is 6.60. The number of hydrogen-bond acceptors (Lipinski definition) is 5. The molecule has 2 heterocycles. The van der Waals surface area contributed by atoms with Crippen molar-refractivity contribution < 1.29 is 4.42 Å². The fourth-order valence-corrected chi connectivity index (χ4v) is 2.37. The van der Waals surface area contributed by atoms with E-state index in [0.29, 0.717) is 12.5 Å². The van der Waals surface area contributed by atoms with Gasteiger partial charge in [0.1, 0.15) is 23.7 Å². The highest BCUT2D eigenvalue weighted by atomic mass is 16.3. The summed E-state index contributed by atoms with van der Waals surface area (Å²) in [6, 6.07) is 13.9. The number of aromatic nitrogens is 2. The molecule has 23 heavy (non-hydrogen) atoms. The number of para-hydroxylation sites is 1. The fraction of sp³-hybridized carbons (Fsp3) is 0.222. The Hall–Kier alpha value is -2.82. The van der Waals surface area contributed by atoms with Gasteiger partial charge in [-0.15, -0.1) is 0 Å². The van der Waals surface area contributed by atoms with Crippen LogP contribution < -0.4 is 10.6 Å². The number of benzene rings is 1. The third-order valence-electron chi connectivity index (χ3n) is 3.54. The van der Waals surface area contributed by atoms with Crippen LogP contribution in [0.15, 0.2) is 59.5 Å². The Labute approximate surface area is 135 Å². The summed E-state index contributed by atoms with van der Waals surface area (Å²) in [5.41, 5.74) is 2.33. The Kier molecular flexibility index (Phi) is 4.57. The number of furan rings is 1.